The minimum Gasteiger partial charge on any atom is -0.506 e. The average molecular weight is 331 g/mol. The molecule has 4 rings (SSSR count). The molecule has 3 N–H and O–H groups in total. The minimum atomic E-state index is -0.687. The van der Waals surface area contributed by atoms with Crippen LogP contribution in [0.15, 0.2) is 69.9 Å². The molecule has 4 aromatic rings. The highest BCUT2D eigenvalue weighted by molar-refractivity contribution is 5.89. The number of aromatic nitrogens is 2. The third kappa shape index (κ3) is 2.59. The summed E-state index contributed by atoms with van der Waals surface area (Å²) in [7, 11) is 0. The van der Waals surface area contributed by atoms with Gasteiger partial charge < -0.3 is 15.3 Å². The van der Waals surface area contributed by atoms with Crippen molar-refractivity contribution in [2.75, 3.05) is 5.73 Å². The third-order valence-corrected chi connectivity index (χ3v) is 3.85. The van der Waals surface area contributed by atoms with Gasteiger partial charge in [0.15, 0.2) is 0 Å². The van der Waals surface area contributed by atoms with Crippen LogP contribution in [-0.2, 0) is 0 Å². The number of rotatable bonds is 2. The predicted molar refractivity (Wildman–Crippen MR) is 95.0 cm³/mol. The molecule has 0 amide bonds. The first-order chi connectivity index (χ1) is 12.1. The van der Waals surface area contributed by atoms with Crippen LogP contribution in [0.5, 0.6) is 5.75 Å². The Morgan fingerprint density at radius 3 is 2.40 bits per heavy atom. The Kier molecular flexibility index (Phi) is 3.43. The fourth-order valence-electron chi connectivity index (χ4n) is 2.71. The summed E-state index contributed by atoms with van der Waals surface area (Å²) >= 11 is 0. The summed E-state index contributed by atoms with van der Waals surface area (Å²) in [6.45, 7) is 0. The first-order valence-corrected chi connectivity index (χ1v) is 7.58. The fraction of sp³-hybridized carbons (Fsp3) is 0. The number of fused-ring (bicyclic) bond motifs is 1. The van der Waals surface area contributed by atoms with Crippen molar-refractivity contribution in [3.63, 3.8) is 0 Å². The Morgan fingerprint density at radius 2 is 1.60 bits per heavy atom. The Labute approximate surface area is 142 Å². The Balaban J connectivity index is 1.98. The summed E-state index contributed by atoms with van der Waals surface area (Å²) in [5.41, 5.74) is 6.98. The topological polar surface area (TPSA) is 102 Å². The lowest BCUT2D eigenvalue weighted by molar-refractivity contribution is 0.471. The Hall–Kier alpha value is -3.67. The molecule has 122 valence electrons. The third-order valence-electron chi connectivity index (χ3n) is 3.85. The van der Waals surface area contributed by atoms with Gasteiger partial charge in [0.05, 0.1) is 16.8 Å². The zero-order valence-electron chi connectivity index (χ0n) is 13.0. The molecule has 2 heterocycles. The molecule has 2 aromatic carbocycles. The summed E-state index contributed by atoms with van der Waals surface area (Å²) in [6.07, 6.45) is 0. The molecule has 0 aliphatic carbocycles. The van der Waals surface area contributed by atoms with E-state index in [1.165, 1.54) is 0 Å². The second-order valence-corrected chi connectivity index (χ2v) is 5.47. The maximum Gasteiger partial charge on any atom is 0.349 e. The lowest BCUT2D eigenvalue weighted by Gasteiger charge is -2.08. The molecule has 0 fully saturated rings. The van der Waals surface area contributed by atoms with Crippen molar-refractivity contribution in [1.82, 2.24) is 9.97 Å². The summed E-state index contributed by atoms with van der Waals surface area (Å²) in [5, 5.41) is 11.0. The predicted octanol–water partition coefficient (Wildman–Crippen LogP) is 3.20. The van der Waals surface area contributed by atoms with Crippen LogP contribution >= 0.6 is 0 Å². The van der Waals surface area contributed by atoms with Crippen LogP contribution in [0.1, 0.15) is 0 Å². The fourth-order valence-corrected chi connectivity index (χ4v) is 2.71. The number of hydrogen-bond donors (Lipinski definition) is 2. The van der Waals surface area contributed by atoms with Crippen LogP contribution < -0.4 is 11.4 Å². The van der Waals surface area contributed by atoms with Gasteiger partial charge in [-0.2, -0.15) is 0 Å². The number of aromatic hydroxyl groups is 1. The van der Waals surface area contributed by atoms with Gasteiger partial charge in [-0.25, -0.2) is 14.8 Å². The van der Waals surface area contributed by atoms with Crippen LogP contribution in [0.25, 0.3) is 33.5 Å². The van der Waals surface area contributed by atoms with E-state index in [9.17, 15) is 9.90 Å². The highest BCUT2D eigenvalue weighted by atomic mass is 16.4. The molecule has 6 nitrogen and oxygen atoms in total. The van der Waals surface area contributed by atoms with Crippen molar-refractivity contribution in [1.29, 1.82) is 0 Å². The van der Waals surface area contributed by atoms with Gasteiger partial charge in [0.1, 0.15) is 16.9 Å². The van der Waals surface area contributed by atoms with Gasteiger partial charge in [0.25, 0.3) is 0 Å². The molecule has 0 radical (unpaired) electrons. The summed E-state index contributed by atoms with van der Waals surface area (Å²) in [6, 6.07) is 17.7. The van der Waals surface area contributed by atoms with E-state index in [4.69, 9.17) is 10.2 Å². The van der Waals surface area contributed by atoms with Gasteiger partial charge in [-0.15, -0.1) is 0 Å². The van der Waals surface area contributed by atoms with Gasteiger partial charge in [-0.3, -0.25) is 0 Å². The smallest absolute Gasteiger partial charge is 0.349 e. The van der Waals surface area contributed by atoms with Crippen molar-refractivity contribution in [2.45, 2.75) is 0 Å². The van der Waals surface area contributed by atoms with Gasteiger partial charge in [-0.1, -0.05) is 42.5 Å². The molecular formula is C19H13N3O3. The normalized spacial score (nSPS) is 10.9. The summed E-state index contributed by atoms with van der Waals surface area (Å²) < 4.78 is 5.30. The number of nitrogen functional groups attached to an aromatic ring is 1. The van der Waals surface area contributed by atoms with E-state index in [2.05, 4.69) is 9.97 Å². The number of hydrogen-bond acceptors (Lipinski definition) is 6. The van der Waals surface area contributed by atoms with Crippen LogP contribution in [0, 0.1) is 0 Å². The van der Waals surface area contributed by atoms with Crippen molar-refractivity contribution in [3.8, 4) is 28.3 Å². The quantitative estimate of drug-likeness (QED) is 0.547. The Morgan fingerprint density at radius 1 is 0.920 bits per heavy atom. The summed E-state index contributed by atoms with van der Waals surface area (Å²) in [4.78, 5) is 20.7. The summed E-state index contributed by atoms with van der Waals surface area (Å²) in [5.74, 6) is -0.188. The van der Waals surface area contributed by atoms with E-state index in [0.29, 0.717) is 16.7 Å². The standard InChI is InChI=1S/C19H13N3O3/c20-19-21-13(11-6-2-1-3-7-11)10-14(22-19)16-17(23)12-8-4-5-9-15(12)25-18(16)24/h1-10,23H,(H2,20,21,22). The largest absolute Gasteiger partial charge is 0.506 e. The Bertz CT molecular complexity index is 1140. The van der Waals surface area contributed by atoms with Crippen molar-refractivity contribution < 1.29 is 9.52 Å². The average Bonchev–Trinajstić information content (AvgIpc) is 2.62. The lowest BCUT2D eigenvalue weighted by atomic mass is 10.1. The van der Waals surface area contributed by atoms with Crippen LogP contribution in [0.3, 0.4) is 0 Å². The number of anilines is 1. The molecule has 6 heteroatoms. The molecule has 0 bridgehead atoms. The molecule has 0 unspecified atom stereocenters. The number of nitrogens with zero attached hydrogens (tertiary/aromatic N) is 2. The minimum absolute atomic E-state index is 0.00307. The molecule has 25 heavy (non-hydrogen) atoms. The lowest BCUT2D eigenvalue weighted by Crippen LogP contribution is -2.07. The van der Waals surface area contributed by atoms with Crippen molar-refractivity contribution in [2.24, 2.45) is 0 Å². The van der Waals surface area contributed by atoms with Crippen molar-refractivity contribution >= 4 is 16.9 Å². The van der Waals surface area contributed by atoms with E-state index < -0.39 is 5.63 Å². The molecule has 0 saturated carbocycles. The van der Waals surface area contributed by atoms with E-state index in [1.807, 2.05) is 30.3 Å². The van der Waals surface area contributed by atoms with E-state index in [0.717, 1.165) is 5.56 Å². The molecular weight excluding hydrogens is 318 g/mol. The SMILES string of the molecule is Nc1nc(-c2ccccc2)cc(-c2c(O)c3ccccc3oc2=O)n1. The van der Waals surface area contributed by atoms with Crippen LogP contribution in [0.4, 0.5) is 5.95 Å². The molecule has 0 atom stereocenters. The first-order valence-electron chi connectivity index (χ1n) is 7.58. The number of para-hydroxylation sites is 1. The highest BCUT2D eigenvalue weighted by Gasteiger charge is 2.18. The second-order valence-electron chi connectivity index (χ2n) is 5.47. The molecule has 2 aromatic heterocycles. The van der Waals surface area contributed by atoms with Gasteiger partial charge in [0, 0.05) is 5.56 Å². The maximum atomic E-state index is 12.4. The number of benzene rings is 2. The molecule has 0 aliphatic heterocycles. The monoisotopic (exact) mass is 331 g/mol. The molecule has 0 spiro atoms. The van der Waals surface area contributed by atoms with Crippen molar-refractivity contribution in [3.05, 3.63) is 71.1 Å². The second kappa shape index (κ2) is 5.76. The highest BCUT2D eigenvalue weighted by Crippen LogP contribution is 2.33. The van der Waals surface area contributed by atoms with Gasteiger partial charge >= 0.3 is 5.63 Å². The van der Waals surface area contributed by atoms with Crippen LogP contribution in [0.2, 0.25) is 0 Å². The van der Waals surface area contributed by atoms with E-state index in [-0.39, 0.29) is 23.0 Å². The van der Waals surface area contributed by atoms with E-state index in [1.54, 1.807) is 30.3 Å². The number of nitrogens with two attached hydrogens (primary N) is 1. The molecule has 0 saturated heterocycles. The maximum absolute atomic E-state index is 12.4. The first kappa shape index (κ1) is 14.9. The van der Waals surface area contributed by atoms with Crippen LogP contribution in [-0.4, -0.2) is 15.1 Å². The van der Waals surface area contributed by atoms with Gasteiger partial charge in [-0.05, 0) is 18.2 Å². The zero-order chi connectivity index (χ0) is 17.4. The zero-order valence-corrected chi connectivity index (χ0v) is 13.0. The van der Waals surface area contributed by atoms with Gasteiger partial charge in [0.2, 0.25) is 5.95 Å². The molecule has 0 aliphatic rings. The van der Waals surface area contributed by atoms with E-state index >= 15 is 0 Å².